The van der Waals surface area contributed by atoms with Crippen LogP contribution in [0.2, 0.25) is 0 Å². The topological polar surface area (TPSA) is 33.1 Å². The second-order valence-corrected chi connectivity index (χ2v) is 7.18. The summed E-state index contributed by atoms with van der Waals surface area (Å²) >= 11 is 0. The Bertz CT molecular complexity index is 659. The Kier molecular flexibility index (Phi) is 7.48. The molecule has 1 fully saturated rings. The number of hydrogen-bond donors (Lipinski definition) is 1. The van der Waals surface area contributed by atoms with Gasteiger partial charge in [0, 0.05) is 25.4 Å². The van der Waals surface area contributed by atoms with Crippen molar-refractivity contribution in [2.75, 3.05) is 26.7 Å². The molecule has 138 valence electrons. The van der Waals surface area contributed by atoms with Crippen molar-refractivity contribution in [1.29, 1.82) is 0 Å². The third-order valence-corrected chi connectivity index (χ3v) is 5.18. The average molecular weight is 363 g/mol. The van der Waals surface area contributed by atoms with Gasteiger partial charge in [-0.3, -0.25) is 9.58 Å². The van der Waals surface area contributed by atoms with E-state index in [0.29, 0.717) is 0 Å². The maximum atomic E-state index is 4.35. The van der Waals surface area contributed by atoms with Gasteiger partial charge in [0.1, 0.15) is 0 Å². The molecule has 3 rings (SSSR count). The Morgan fingerprint density at radius 3 is 2.64 bits per heavy atom. The molecule has 1 saturated heterocycles. The van der Waals surface area contributed by atoms with Crippen LogP contribution in [0.5, 0.6) is 0 Å². The lowest BCUT2D eigenvalue weighted by molar-refractivity contribution is 0.172. The van der Waals surface area contributed by atoms with Gasteiger partial charge in [0.25, 0.3) is 0 Å². The van der Waals surface area contributed by atoms with Crippen LogP contribution in [0.25, 0.3) is 11.1 Å². The molecule has 0 aliphatic carbocycles. The van der Waals surface area contributed by atoms with Crippen LogP contribution >= 0.6 is 12.4 Å². The molecule has 1 aliphatic heterocycles. The zero-order valence-corrected chi connectivity index (χ0v) is 16.5. The summed E-state index contributed by atoms with van der Waals surface area (Å²) in [7, 11) is 4.03. The smallest absolute Gasteiger partial charge is 0.0568 e. The maximum absolute atomic E-state index is 4.35. The highest BCUT2D eigenvalue weighted by atomic mass is 35.5. The SMILES string of the molecule is CNCCC1CCN(Cc2ccc(C)cc2-c2cnn(C)c2)CC1.Cl. The zero-order chi connectivity index (χ0) is 16.9. The number of rotatable bonds is 6. The first-order valence-electron chi connectivity index (χ1n) is 9.11. The van der Waals surface area contributed by atoms with Crippen LogP contribution < -0.4 is 5.32 Å². The van der Waals surface area contributed by atoms with Gasteiger partial charge in [-0.2, -0.15) is 5.10 Å². The van der Waals surface area contributed by atoms with Crippen LogP contribution in [0.3, 0.4) is 0 Å². The first kappa shape index (κ1) is 20.0. The third kappa shape index (κ3) is 5.30. The Morgan fingerprint density at radius 2 is 2.00 bits per heavy atom. The molecule has 0 radical (unpaired) electrons. The summed E-state index contributed by atoms with van der Waals surface area (Å²) in [5.41, 5.74) is 5.28. The minimum absolute atomic E-state index is 0. The molecule has 2 heterocycles. The summed E-state index contributed by atoms with van der Waals surface area (Å²) in [6.45, 7) is 6.79. The second kappa shape index (κ2) is 9.37. The molecular weight excluding hydrogens is 332 g/mol. The number of aryl methyl sites for hydroxylation is 2. The molecular formula is C20H31ClN4. The fraction of sp³-hybridized carbons (Fsp3) is 0.550. The summed E-state index contributed by atoms with van der Waals surface area (Å²) in [4.78, 5) is 2.61. The highest BCUT2D eigenvalue weighted by Crippen LogP contribution is 2.28. The van der Waals surface area contributed by atoms with Gasteiger partial charge in [0.05, 0.1) is 6.20 Å². The Morgan fingerprint density at radius 1 is 1.24 bits per heavy atom. The highest BCUT2D eigenvalue weighted by Gasteiger charge is 2.20. The van der Waals surface area contributed by atoms with Gasteiger partial charge in [-0.1, -0.05) is 23.8 Å². The number of nitrogens with one attached hydrogen (secondary N) is 1. The van der Waals surface area contributed by atoms with Crippen LogP contribution in [0.4, 0.5) is 0 Å². The summed E-state index contributed by atoms with van der Waals surface area (Å²) < 4.78 is 1.88. The molecule has 25 heavy (non-hydrogen) atoms. The van der Waals surface area contributed by atoms with E-state index in [1.165, 1.54) is 54.6 Å². The van der Waals surface area contributed by atoms with E-state index in [-0.39, 0.29) is 12.4 Å². The lowest BCUT2D eigenvalue weighted by atomic mass is 9.92. The number of halogens is 1. The number of nitrogens with zero attached hydrogens (tertiary/aromatic N) is 3. The quantitative estimate of drug-likeness (QED) is 0.851. The molecule has 0 unspecified atom stereocenters. The fourth-order valence-corrected chi connectivity index (χ4v) is 3.68. The standard InChI is InChI=1S/C20H30N4.ClH/c1-16-4-5-18(20(12-16)19-13-22-23(3)14-19)15-24-10-7-17(8-11-24)6-9-21-2;/h4-5,12-14,17,21H,6-11,15H2,1-3H3;1H. The van der Waals surface area contributed by atoms with Crippen LogP contribution in [-0.4, -0.2) is 41.4 Å². The second-order valence-electron chi connectivity index (χ2n) is 7.18. The minimum atomic E-state index is 0. The fourth-order valence-electron chi connectivity index (χ4n) is 3.68. The lowest BCUT2D eigenvalue weighted by Gasteiger charge is -2.32. The summed E-state index contributed by atoms with van der Waals surface area (Å²) in [6.07, 6.45) is 8.06. The van der Waals surface area contributed by atoms with Crippen LogP contribution in [0.15, 0.2) is 30.6 Å². The maximum Gasteiger partial charge on any atom is 0.0568 e. The summed E-state index contributed by atoms with van der Waals surface area (Å²) in [5, 5.41) is 7.62. The van der Waals surface area contributed by atoms with Crippen molar-refractivity contribution < 1.29 is 0 Å². The Labute approximate surface area is 158 Å². The molecule has 0 spiro atoms. The number of likely N-dealkylation sites (tertiary alicyclic amines) is 1. The minimum Gasteiger partial charge on any atom is -0.320 e. The van der Waals surface area contributed by atoms with Crippen LogP contribution in [0.1, 0.15) is 30.4 Å². The summed E-state index contributed by atoms with van der Waals surface area (Å²) in [6, 6.07) is 6.83. The number of hydrogen-bond acceptors (Lipinski definition) is 3. The zero-order valence-electron chi connectivity index (χ0n) is 15.7. The molecule has 1 aliphatic rings. The molecule has 0 atom stereocenters. The van der Waals surface area contributed by atoms with Gasteiger partial charge in [-0.15, -0.1) is 12.4 Å². The average Bonchev–Trinajstić information content (AvgIpc) is 3.02. The van der Waals surface area contributed by atoms with E-state index in [4.69, 9.17) is 0 Å². The molecule has 2 aromatic rings. The molecule has 1 N–H and O–H groups in total. The van der Waals surface area contributed by atoms with Crippen molar-refractivity contribution in [2.45, 2.75) is 32.7 Å². The number of aromatic nitrogens is 2. The van der Waals surface area contributed by atoms with Gasteiger partial charge in [-0.05, 0) is 69.9 Å². The van der Waals surface area contributed by atoms with E-state index in [1.54, 1.807) is 0 Å². The molecule has 1 aromatic carbocycles. The Balaban J connectivity index is 0.00000225. The van der Waals surface area contributed by atoms with E-state index in [0.717, 1.165) is 19.0 Å². The van der Waals surface area contributed by atoms with Crippen LogP contribution in [-0.2, 0) is 13.6 Å². The van der Waals surface area contributed by atoms with E-state index in [2.05, 4.69) is 46.6 Å². The van der Waals surface area contributed by atoms with Crippen molar-refractivity contribution in [3.05, 3.63) is 41.7 Å². The van der Waals surface area contributed by atoms with Gasteiger partial charge in [0.2, 0.25) is 0 Å². The van der Waals surface area contributed by atoms with E-state index in [9.17, 15) is 0 Å². The highest BCUT2D eigenvalue weighted by molar-refractivity contribution is 5.85. The predicted octanol–water partition coefficient (Wildman–Crippen LogP) is 3.64. The molecule has 0 bridgehead atoms. The molecule has 0 amide bonds. The summed E-state index contributed by atoms with van der Waals surface area (Å²) in [5.74, 6) is 0.893. The van der Waals surface area contributed by atoms with E-state index >= 15 is 0 Å². The van der Waals surface area contributed by atoms with E-state index < -0.39 is 0 Å². The molecule has 0 saturated carbocycles. The largest absolute Gasteiger partial charge is 0.320 e. The number of piperidine rings is 1. The van der Waals surface area contributed by atoms with Gasteiger partial charge in [-0.25, -0.2) is 0 Å². The normalized spacial score (nSPS) is 16.0. The van der Waals surface area contributed by atoms with Crippen LogP contribution in [0, 0.1) is 12.8 Å². The molecule has 5 heteroatoms. The predicted molar refractivity (Wildman–Crippen MR) is 107 cm³/mol. The van der Waals surface area contributed by atoms with Crippen molar-refractivity contribution in [1.82, 2.24) is 20.0 Å². The van der Waals surface area contributed by atoms with E-state index in [1.807, 2.05) is 25.0 Å². The number of benzene rings is 1. The molecule has 4 nitrogen and oxygen atoms in total. The van der Waals surface area contributed by atoms with Crippen molar-refractivity contribution in [3.63, 3.8) is 0 Å². The van der Waals surface area contributed by atoms with Gasteiger partial charge >= 0.3 is 0 Å². The Hall–Kier alpha value is -1.36. The van der Waals surface area contributed by atoms with Gasteiger partial charge in [0.15, 0.2) is 0 Å². The first-order valence-corrected chi connectivity index (χ1v) is 9.11. The van der Waals surface area contributed by atoms with Crippen molar-refractivity contribution >= 4 is 12.4 Å². The van der Waals surface area contributed by atoms with Crippen molar-refractivity contribution in [3.8, 4) is 11.1 Å². The van der Waals surface area contributed by atoms with Gasteiger partial charge < -0.3 is 5.32 Å². The third-order valence-electron chi connectivity index (χ3n) is 5.18. The first-order chi connectivity index (χ1) is 11.7. The molecule has 1 aromatic heterocycles. The van der Waals surface area contributed by atoms with Crippen molar-refractivity contribution in [2.24, 2.45) is 13.0 Å². The lowest BCUT2D eigenvalue weighted by Crippen LogP contribution is -2.34. The monoisotopic (exact) mass is 362 g/mol.